The van der Waals surface area contributed by atoms with E-state index in [1.807, 2.05) is 0 Å². The van der Waals surface area contributed by atoms with Crippen LogP contribution in [0.1, 0.15) is 31.7 Å². The Morgan fingerprint density at radius 1 is 1.21 bits per heavy atom. The number of rotatable bonds is 6. The molecule has 0 radical (unpaired) electrons. The fourth-order valence-electron chi connectivity index (χ4n) is 3.32. The van der Waals surface area contributed by atoms with E-state index in [4.69, 9.17) is 0 Å². The largest absolute Gasteiger partial charge is 0.421 e. The minimum absolute atomic E-state index is 0.0433. The molecular formula is C18H25F3N2O4S. The maximum atomic E-state index is 13.6. The molecule has 158 valence electrons. The fourth-order valence-corrected chi connectivity index (χ4v) is 4.39. The average molecular weight is 422 g/mol. The zero-order chi connectivity index (χ0) is 21.2. The van der Waals surface area contributed by atoms with Crippen molar-refractivity contribution in [3.8, 4) is 0 Å². The van der Waals surface area contributed by atoms with Gasteiger partial charge in [-0.3, -0.25) is 4.79 Å². The van der Waals surface area contributed by atoms with Gasteiger partial charge >= 0.3 is 6.18 Å². The van der Waals surface area contributed by atoms with Gasteiger partial charge in [0.1, 0.15) is 0 Å². The second kappa shape index (κ2) is 8.38. The predicted octanol–water partition coefficient (Wildman–Crippen LogP) is 2.10. The minimum Gasteiger partial charge on any atom is -0.376 e. The van der Waals surface area contributed by atoms with Gasteiger partial charge in [-0.1, -0.05) is 30.3 Å². The number of carbonyl (C=O) groups excluding carboxylic acids is 1. The highest BCUT2D eigenvalue weighted by atomic mass is 32.2. The molecule has 1 aromatic rings. The van der Waals surface area contributed by atoms with E-state index >= 15 is 0 Å². The number of carbonyl (C=O) groups is 1. The van der Waals surface area contributed by atoms with Gasteiger partial charge in [-0.15, -0.1) is 0 Å². The fraction of sp³-hybridized carbons (Fsp3) is 0.611. The molecule has 1 N–H and O–H groups in total. The lowest BCUT2D eigenvalue weighted by Crippen LogP contribution is -2.51. The van der Waals surface area contributed by atoms with Crippen LogP contribution in [0.2, 0.25) is 0 Å². The molecule has 0 aromatic heterocycles. The Kier molecular flexibility index (Phi) is 6.78. The number of halogens is 3. The molecule has 0 aliphatic carbocycles. The van der Waals surface area contributed by atoms with Crippen LogP contribution in [0.5, 0.6) is 0 Å². The summed E-state index contributed by atoms with van der Waals surface area (Å²) in [7, 11) is -1.91. The number of hydrogen-bond acceptors (Lipinski definition) is 4. The Morgan fingerprint density at radius 3 is 2.21 bits per heavy atom. The van der Waals surface area contributed by atoms with E-state index in [2.05, 4.69) is 0 Å². The number of amides is 1. The van der Waals surface area contributed by atoms with Crippen molar-refractivity contribution in [3.63, 3.8) is 0 Å². The van der Waals surface area contributed by atoms with E-state index in [-0.39, 0.29) is 30.4 Å². The lowest BCUT2D eigenvalue weighted by atomic mass is 9.88. The molecule has 1 aliphatic rings. The third kappa shape index (κ3) is 4.66. The van der Waals surface area contributed by atoms with Crippen molar-refractivity contribution < 1.29 is 31.5 Å². The Hall–Kier alpha value is -1.65. The summed E-state index contributed by atoms with van der Waals surface area (Å²) in [5, 5.41) is 10.3. The van der Waals surface area contributed by atoms with Crippen molar-refractivity contribution >= 4 is 15.9 Å². The molecule has 0 spiro atoms. The lowest BCUT2D eigenvalue weighted by Gasteiger charge is -2.38. The van der Waals surface area contributed by atoms with Crippen molar-refractivity contribution in [2.45, 2.75) is 44.0 Å². The number of hydrogen-bond donors (Lipinski definition) is 1. The van der Waals surface area contributed by atoms with Crippen LogP contribution in [0.15, 0.2) is 30.3 Å². The van der Waals surface area contributed by atoms with E-state index in [0.717, 1.165) is 12.1 Å². The smallest absolute Gasteiger partial charge is 0.376 e. The van der Waals surface area contributed by atoms with Gasteiger partial charge in [0.2, 0.25) is 15.9 Å². The van der Waals surface area contributed by atoms with Crippen LogP contribution in [0.3, 0.4) is 0 Å². The molecule has 1 aliphatic heterocycles. The Bertz CT molecular complexity index is 778. The van der Waals surface area contributed by atoms with Gasteiger partial charge in [0.15, 0.2) is 5.60 Å². The standard InChI is InChI=1S/C18H25F3N2O4S/c1-3-28(26,27)22(2)15-9-11-23(12-10-15)16(24)13-17(25,18(19,20)21)14-7-5-4-6-8-14/h4-8,15,25H,3,9-13H2,1-2H3/t17-/m0/s1. The molecule has 1 fully saturated rings. The van der Waals surface area contributed by atoms with E-state index in [1.165, 1.54) is 41.4 Å². The zero-order valence-electron chi connectivity index (χ0n) is 15.8. The van der Waals surface area contributed by atoms with E-state index in [0.29, 0.717) is 12.8 Å². The highest BCUT2D eigenvalue weighted by molar-refractivity contribution is 7.89. The van der Waals surface area contributed by atoms with Crippen LogP contribution < -0.4 is 0 Å². The van der Waals surface area contributed by atoms with Gasteiger partial charge in [-0.2, -0.15) is 13.2 Å². The molecule has 1 atom stereocenters. The number of benzene rings is 1. The zero-order valence-corrected chi connectivity index (χ0v) is 16.6. The Labute approximate surface area is 163 Å². The second-order valence-electron chi connectivity index (χ2n) is 6.93. The molecule has 0 saturated carbocycles. The summed E-state index contributed by atoms with van der Waals surface area (Å²) in [5.41, 5.74) is -3.66. The Balaban J connectivity index is 2.09. The summed E-state index contributed by atoms with van der Waals surface area (Å²) in [5.74, 6) is -0.860. The first-order valence-electron chi connectivity index (χ1n) is 9.00. The number of nitrogens with zero attached hydrogens (tertiary/aromatic N) is 2. The van der Waals surface area contributed by atoms with Crippen LogP contribution in [0, 0.1) is 0 Å². The monoisotopic (exact) mass is 422 g/mol. The minimum atomic E-state index is -5.02. The first kappa shape index (κ1) is 22.6. The highest BCUT2D eigenvalue weighted by Gasteiger charge is 2.56. The van der Waals surface area contributed by atoms with Gasteiger partial charge < -0.3 is 10.0 Å². The molecule has 10 heteroatoms. The lowest BCUT2D eigenvalue weighted by molar-refractivity contribution is -0.268. The average Bonchev–Trinajstić information content (AvgIpc) is 2.67. The summed E-state index contributed by atoms with van der Waals surface area (Å²) < 4.78 is 65.9. The van der Waals surface area contributed by atoms with Crippen LogP contribution in [0.4, 0.5) is 13.2 Å². The maximum absolute atomic E-state index is 13.6. The molecule has 1 aromatic carbocycles. The molecule has 1 saturated heterocycles. The molecular weight excluding hydrogens is 397 g/mol. The van der Waals surface area contributed by atoms with Crippen molar-refractivity contribution in [2.75, 3.05) is 25.9 Å². The van der Waals surface area contributed by atoms with Crippen molar-refractivity contribution in [1.29, 1.82) is 0 Å². The SMILES string of the molecule is CCS(=O)(=O)N(C)C1CCN(C(=O)C[C@](O)(c2ccccc2)C(F)(F)F)CC1. The molecule has 6 nitrogen and oxygen atoms in total. The summed E-state index contributed by atoms with van der Waals surface area (Å²) in [6.45, 7) is 1.80. The summed E-state index contributed by atoms with van der Waals surface area (Å²) in [4.78, 5) is 13.7. The van der Waals surface area contributed by atoms with Gasteiger partial charge in [-0.25, -0.2) is 12.7 Å². The first-order valence-corrected chi connectivity index (χ1v) is 10.6. The summed E-state index contributed by atoms with van der Waals surface area (Å²) in [6.07, 6.45) is -5.47. The summed E-state index contributed by atoms with van der Waals surface area (Å²) in [6, 6.07) is 6.23. The molecule has 28 heavy (non-hydrogen) atoms. The summed E-state index contributed by atoms with van der Waals surface area (Å²) >= 11 is 0. The third-order valence-corrected chi connectivity index (χ3v) is 7.17. The molecule has 0 unspecified atom stereocenters. The normalized spacial score (nSPS) is 18.9. The van der Waals surface area contributed by atoms with Crippen LogP contribution in [-0.2, 0) is 20.4 Å². The molecule has 1 amide bonds. The number of aliphatic hydroxyl groups is 1. The number of piperidine rings is 1. The van der Waals surface area contributed by atoms with Crippen LogP contribution in [0.25, 0.3) is 0 Å². The van der Waals surface area contributed by atoms with E-state index < -0.39 is 34.1 Å². The topological polar surface area (TPSA) is 77.9 Å². The van der Waals surface area contributed by atoms with Gasteiger partial charge in [0, 0.05) is 26.2 Å². The Morgan fingerprint density at radius 2 is 1.75 bits per heavy atom. The van der Waals surface area contributed by atoms with Gasteiger partial charge in [0.05, 0.1) is 12.2 Å². The first-order chi connectivity index (χ1) is 12.9. The van der Waals surface area contributed by atoms with E-state index in [1.54, 1.807) is 0 Å². The number of sulfonamides is 1. The predicted molar refractivity (Wildman–Crippen MR) is 97.8 cm³/mol. The van der Waals surface area contributed by atoms with Crippen LogP contribution in [-0.4, -0.2) is 66.7 Å². The third-order valence-electron chi connectivity index (χ3n) is 5.26. The van der Waals surface area contributed by atoms with E-state index in [9.17, 15) is 31.5 Å². The van der Waals surface area contributed by atoms with Crippen molar-refractivity contribution in [2.24, 2.45) is 0 Å². The van der Waals surface area contributed by atoms with Crippen molar-refractivity contribution in [3.05, 3.63) is 35.9 Å². The highest BCUT2D eigenvalue weighted by Crippen LogP contribution is 2.42. The quantitative estimate of drug-likeness (QED) is 0.762. The van der Waals surface area contributed by atoms with Crippen molar-refractivity contribution in [1.82, 2.24) is 9.21 Å². The second-order valence-corrected chi connectivity index (χ2v) is 9.25. The maximum Gasteiger partial charge on any atom is 0.421 e. The van der Waals surface area contributed by atoms with Gasteiger partial charge in [0.25, 0.3) is 0 Å². The molecule has 0 bridgehead atoms. The van der Waals surface area contributed by atoms with Crippen LogP contribution >= 0.6 is 0 Å². The number of likely N-dealkylation sites (tertiary alicyclic amines) is 1. The molecule has 2 rings (SSSR count). The van der Waals surface area contributed by atoms with Gasteiger partial charge in [-0.05, 0) is 25.3 Å². The molecule has 1 heterocycles. The number of alkyl halides is 3.